The van der Waals surface area contributed by atoms with Gasteiger partial charge in [0.25, 0.3) is 11.6 Å². The van der Waals surface area contributed by atoms with Crippen molar-refractivity contribution in [3.8, 4) is 0 Å². The van der Waals surface area contributed by atoms with Gasteiger partial charge >= 0.3 is 6.03 Å². The van der Waals surface area contributed by atoms with E-state index in [9.17, 15) is 19.7 Å². The molecule has 1 aliphatic heterocycles. The minimum Gasteiger partial charge on any atom is -0.387 e. The molecule has 30 heavy (non-hydrogen) atoms. The molecule has 2 aromatic rings. The monoisotopic (exact) mass is 431 g/mol. The first kappa shape index (κ1) is 21.4. The second-order valence-electron chi connectivity index (χ2n) is 6.81. The highest BCUT2D eigenvalue weighted by Gasteiger charge is 2.25. The summed E-state index contributed by atoms with van der Waals surface area (Å²) in [6, 6.07) is 10.8. The Morgan fingerprint density at radius 2 is 1.80 bits per heavy atom. The number of hydrogen-bond donors (Lipinski definition) is 2. The number of hydrogen-bond acceptors (Lipinski definition) is 5. The first-order valence-corrected chi connectivity index (χ1v) is 9.84. The van der Waals surface area contributed by atoms with E-state index in [-0.39, 0.29) is 23.2 Å². The van der Waals surface area contributed by atoms with Crippen LogP contribution in [-0.2, 0) is 0 Å². The lowest BCUT2D eigenvalue weighted by atomic mass is 10.1. The number of nitrogens with zero attached hydrogens (tertiary/aromatic N) is 3. The van der Waals surface area contributed by atoms with Gasteiger partial charge in [0, 0.05) is 61.8 Å². The number of amides is 3. The normalized spacial score (nSPS) is 14.1. The average Bonchev–Trinajstić information content (AvgIpc) is 2.99. The van der Waals surface area contributed by atoms with Gasteiger partial charge in [0.1, 0.15) is 0 Å². The minimum atomic E-state index is -0.527. The second kappa shape index (κ2) is 9.45. The Balaban J connectivity index is 1.69. The Bertz CT molecular complexity index is 968. The maximum atomic E-state index is 13.0. The molecule has 0 atom stereocenters. The quantitative estimate of drug-likeness (QED) is 0.567. The predicted octanol–water partition coefficient (Wildman–Crippen LogP) is 3.67. The number of nitro benzene ring substituents is 1. The van der Waals surface area contributed by atoms with Gasteiger partial charge in [-0.3, -0.25) is 14.9 Å². The van der Waals surface area contributed by atoms with Crippen molar-refractivity contribution in [3.05, 3.63) is 63.2 Å². The van der Waals surface area contributed by atoms with Crippen LogP contribution in [0.2, 0.25) is 5.02 Å². The van der Waals surface area contributed by atoms with Crippen LogP contribution in [0.15, 0.2) is 42.5 Å². The number of halogens is 1. The summed E-state index contributed by atoms with van der Waals surface area (Å²) in [6.07, 6.45) is 0.596. The molecule has 1 aliphatic rings. The highest BCUT2D eigenvalue weighted by molar-refractivity contribution is 6.30. The third-order valence-electron chi connectivity index (χ3n) is 4.86. The van der Waals surface area contributed by atoms with Crippen molar-refractivity contribution in [2.45, 2.75) is 6.42 Å². The van der Waals surface area contributed by atoms with Crippen molar-refractivity contribution in [3.63, 3.8) is 0 Å². The summed E-state index contributed by atoms with van der Waals surface area (Å²) in [4.78, 5) is 39.4. The Morgan fingerprint density at radius 3 is 2.50 bits per heavy atom. The van der Waals surface area contributed by atoms with Gasteiger partial charge < -0.3 is 20.4 Å². The molecule has 1 saturated heterocycles. The Hall–Kier alpha value is -3.33. The number of rotatable bonds is 4. The number of nitro groups is 1. The number of anilines is 2. The lowest BCUT2D eigenvalue weighted by Gasteiger charge is -2.23. The van der Waals surface area contributed by atoms with Crippen molar-refractivity contribution in [2.75, 3.05) is 43.9 Å². The van der Waals surface area contributed by atoms with Crippen LogP contribution >= 0.6 is 11.6 Å². The summed E-state index contributed by atoms with van der Waals surface area (Å²) in [5.41, 5.74) is 1.21. The summed E-state index contributed by atoms with van der Waals surface area (Å²) in [5, 5.41) is 17.3. The Labute approximate surface area is 178 Å². The maximum Gasteiger partial charge on any atom is 0.321 e. The highest BCUT2D eigenvalue weighted by atomic mass is 35.5. The van der Waals surface area contributed by atoms with E-state index in [1.54, 1.807) is 41.1 Å². The topological polar surface area (TPSA) is 108 Å². The predicted molar refractivity (Wildman–Crippen MR) is 115 cm³/mol. The van der Waals surface area contributed by atoms with Gasteiger partial charge in [-0.05, 0) is 30.7 Å². The first-order chi connectivity index (χ1) is 14.4. The molecule has 0 spiro atoms. The number of nitrogens with one attached hydrogen (secondary N) is 2. The fraction of sp³-hybridized carbons (Fsp3) is 0.300. The van der Waals surface area contributed by atoms with E-state index in [0.717, 1.165) is 0 Å². The van der Waals surface area contributed by atoms with E-state index in [2.05, 4.69) is 10.6 Å². The number of carbonyl (C=O) groups is 2. The van der Waals surface area contributed by atoms with Crippen LogP contribution in [0.5, 0.6) is 0 Å². The molecule has 2 aromatic carbocycles. The highest BCUT2D eigenvalue weighted by Crippen LogP contribution is 2.24. The lowest BCUT2D eigenvalue weighted by Crippen LogP contribution is -2.39. The molecule has 9 nitrogen and oxygen atoms in total. The zero-order chi connectivity index (χ0) is 21.7. The summed E-state index contributed by atoms with van der Waals surface area (Å²) < 4.78 is 0. The Morgan fingerprint density at radius 1 is 1.07 bits per heavy atom. The zero-order valence-corrected chi connectivity index (χ0v) is 17.2. The van der Waals surface area contributed by atoms with E-state index < -0.39 is 4.92 Å². The number of benzene rings is 2. The fourth-order valence-electron chi connectivity index (χ4n) is 3.30. The van der Waals surface area contributed by atoms with E-state index in [1.807, 2.05) is 0 Å². The molecule has 2 N–H and O–H groups in total. The SMILES string of the molecule is CNc1ccc([N+](=O)[O-])cc1C(=O)N1CCCN(C(=O)Nc2cccc(Cl)c2)CC1. The molecule has 0 bridgehead atoms. The van der Waals surface area contributed by atoms with Gasteiger partial charge in [-0.25, -0.2) is 4.79 Å². The van der Waals surface area contributed by atoms with Gasteiger partial charge in [-0.2, -0.15) is 0 Å². The number of urea groups is 1. The molecule has 0 radical (unpaired) electrons. The van der Waals surface area contributed by atoms with Gasteiger partial charge in [0.2, 0.25) is 0 Å². The van der Waals surface area contributed by atoms with Crippen LogP contribution in [0.4, 0.5) is 21.9 Å². The molecule has 0 aliphatic carbocycles. The Kier molecular flexibility index (Phi) is 6.73. The molecule has 10 heteroatoms. The summed E-state index contributed by atoms with van der Waals surface area (Å²) in [6.45, 7) is 1.62. The molecule has 1 heterocycles. The summed E-state index contributed by atoms with van der Waals surface area (Å²) in [7, 11) is 1.66. The van der Waals surface area contributed by atoms with Crippen LogP contribution in [0.1, 0.15) is 16.8 Å². The third-order valence-corrected chi connectivity index (χ3v) is 5.10. The van der Waals surface area contributed by atoms with Crippen LogP contribution < -0.4 is 10.6 Å². The summed E-state index contributed by atoms with van der Waals surface area (Å²) in [5.74, 6) is -0.305. The van der Waals surface area contributed by atoms with Gasteiger partial charge in [0.05, 0.1) is 10.5 Å². The van der Waals surface area contributed by atoms with E-state index in [4.69, 9.17) is 11.6 Å². The molecule has 0 aromatic heterocycles. The summed E-state index contributed by atoms with van der Waals surface area (Å²) >= 11 is 5.95. The van der Waals surface area contributed by atoms with Gasteiger partial charge in [0.15, 0.2) is 0 Å². The van der Waals surface area contributed by atoms with Gasteiger partial charge in [-0.1, -0.05) is 17.7 Å². The molecule has 3 rings (SSSR count). The van der Waals surface area contributed by atoms with Crippen molar-refractivity contribution in [1.82, 2.24) is 9.80 Å². The largest absolute Gasteiger partial charge is 0.387 e. The molecular weight excluding hydrogens is 410 g/mol. The number of non-ortho nitro benzene ring substituents is 1. The van der Waals surface area contributed by atoms with Crippen molar-refractivity contribution >= 4 is 40.6 Å². The zero-order valence-electron chi connectivity index (χ0n) is 16.4. The first-order valence-electron chi connectivity index (χ1n) is 9.46. The van der Waals surface area contributed by atoms with E-state index in [0.29, 0.717) is 49.0 Å². The van der Waals surface area contributed by atoms with Crippen molar-refractivity contribution in [2.24, 2.45) is 0 Å². The lowest BCUT2D eigenvalue weighted by molar-refractivity contribution is -0.384. The van der Waals surface area contributed by atoms with Crippen LogP contribution in [0, 0.1) is 10.1 Å². The van der Waals surface area contributed by atoms with Crippen LogP contribution in [-0.4, -0.2) is 59.9 Å². The molecule has 3 amide bonds. The fourth-order valence-corrected chi connectivity index (χ4v) is 3.49. The standard InChI is InChI=1S/C20H22ClN5O4/c1-22-18-7-6-16(26(29)30)13-17(18)19(27)24-8-3-9-25(11-10-24)20(28)23-15-5-2-4-14(21)12-15/h2,4-7,12-13,22H,3,8-11H2,1H3,(H,23,28). The van der Waals surface area contributed by atoms with Crippen LogP contribution in [0.25, 0.3) is 0 Å². The smallest absolute Gasteiger partial charge is 0.321 e. The molecular formula is C20H22ClN5O4. The van der Waals surface area contributed by atoms with E-state index >= 15 is 0 Å². The average molecular weight is 432 g/mol. The minimum absolute atomic E-state index is 0.144. The van der Waals surface area contributed by atoms with E-state index in [1.165, 1.54) is 18.2 Å². The van der Waals surface area contributed by atoms with Gasteiger partial charge in [-0.15, -0.1) is 0 Å². The molecule has 158 valence electrons. The molecule has 1 fully saturated rings. The molecule has 0 unspecified atom stereocenters. The van der Waals surface area contributed by atoms with Crippen molar-refractivity contribution in [1.29, 1.82) is 0 Å². The van der Waals surface area contributed by atoms with Crippen LogP contribution in [0.3, 0.4) is 0 Å². The van der Waals surface area contributed by atoms with Crippen molar-refractivity contribution < 1.29 is 14.5 Å². The maximum absolute atomic E-state index is 13.0. The number of carbonyl (C=O) groups excluding carboxylic acids is 2. The third kappa shape index (κ3) is 4.98. The second-order valence-corrected chi connectivity index (χ2v) is 7.25. The molecule has 0 saturated carbocycles.